The van der Waals surface area contributed by atoms with E-state index < -0.39 is 17.8 Å². The second-order valence-corrected chi connectivity index (χ2v) is 10.0. The maximum absolute atomic E-state index is 12.0. The Morgan fingerprint density at radius 2 is 1.83 bits per heavy atom. The average Bonchev–Trinajstić information content (AvgIpc) is 2.60. The summed E-state index contributed by atoms with van der Waals surface area (Å²) in [6, 6.07) is 0. The molecule has 2 aliphatic rings. The Hall–Kier alpha value is -1.62. The van der Waals surface area contributed by atoms with Crippen LogP contribution in [-0.2, 0) is 19.1 Å². The summed E-state index contributed by atoms with van der Waals surface area (Å²) in [6.07, 6.45) is 4.74. The minimum Gasteiger partial charge on any atom is -0.458 e. The van der Waals surface area contributed by atoms with Gasteiger partial charge in [-0.25, -0.2) is 0 Å². The zero-order valence-corrected chi connectivity index (χ0v) is 19.1. The molecule has 0 aromatic heterocycles. The molecule has 0 aliphatic heterocycles. The number of ether oxygens (including phenoxy) is 2. The molecule has 0 saturated carbocycles. The van der Waals surface area contributed by atoms with Crippen molar-refractivity contribution >= 4 is 11.9 Å². The predicted octanol–water partition coefficient (Wildman–Crippen LogP) is 4.73. The minimum absolute atomic E-state index is 0.0657. The fraction of sp³-hybridized carbons (Fsp3) is 0.750. The first kappa shape index (κ1) is 23.7. The largest absolute Gasteiger partial charge is 0.458 e. The molecule has 0 saturated heterocycles. The van der Waals surface area contributed by atoms with Crippen LogP contribution in [0.25, 0.3) is 0 Å². The van der Waals surface area contributed by atoms with Gasteiger partial charge in [0.05, 0.1) is 5.60 Å². The third-order valence-electron chi connectivity index (χ3n) is 7.24. The van der Waals surface area contributed by atoms with Gasteiger partial charge in [-0.3, -0.25) is 9.59 Å². The van der Waals surface area contributed by atoms with Crippen LogP contribution >= 0.6 is 0 Å². The van der Waals surface area contributed by atoms with Gasteiger partial charge in [0, 0.05) is 19.8 Å². The number of hydrogen-bond acceptors (Lipinski definition) is 5. The Balaban J connectivity index is 2.64. The van der Waals surface area contributed by atoms with Crippen molar-refractivity contribution < 1.29 is 24.2 Å². The van der Waals surface area contributed by atoms with Gasteiger partial charge in [0.15, 0.2) is 6.10 Å². The molecule has 0 heterocycles. The third-order valence-corrected chi connectivity index (χ3v) is 7.24. The molecule has 0 spiro atoms. The van der Waals surface area contributed by atoms with Crippen molar-refractivity contribution in [2.75, 3.05) is 0 Å². The Bertz CT molecular complexity index is 702. The second kappa shape index (κ2) is 8.25. The molecule has 0 radical (unpaired) electrons. The van der Waals surface area contributed by atoms with E-state index in [-0.39, 0.29) is 28.7 Å². The van der Waals surface area contributed by atoms with Gasteiger partial charge < -0.3 is 14.6 Å². The number of allylic oxidation sites excluding steroid dienone is 1. The van der Waals surface area contributed by atoms with Gasteiger partial charge in [-0.2, -0.15) is 0 Å². The van der Waals surface area contributed by atoms with Crippen LogP contribution in [0.15, 0.2) is 23.8 Å². The van der Waals surface area contributed by atoms with Crippen molar-refractivity contribution in [3.63, 3.8) is 0 Å². The first-order valence-corrected chi connectivity index (χ1v) is 10.7. The van der Waals surface area contributed by atoms with Crippen LogP contribution < -0.4 is 0 Å². The van der Waals surface area contributed by atoms with Gasteiger partial charge in [0.2, 0.25) is 0 Å². The van der Waals surface area contributed by atoms with Gasteiger partial charge in [-0.15, -0.1) is 6.58 Å². The lowest BCUT2D eigenvalue weighted by molar-refractivity contribution is -0.174. The Morgan fingerprint density at radius 1 is 1.24 bits per heavy atom. The van der Waals surface area contributed by atoms with Gasteiger partial charge in [-0.05, 0) is 55.4 Å². The van der Waals surface area contributed by atoms with E-state index in [1.54, 1.807) is 13.0 Å². The zero-order valence-electron chi connectivity index (χ0n) is 19.1. The maximum Gasteiger partial charge on any atom is 0.303 e. The lowest BCUT2D eigenvalue weighted by Gasteiger charge is -2.54. The van der Waals surface area contributed by atoms with Crippen molar-refractivity contribution in [2.24, 2.45) is 16.7 Å². The fourth-order valence-electron chi connectivity index (χ4n) is 5.25. The van der Waals surface area contributed by atoms with Crippen LogP contribution in [0, 0.1) is 16.7 Å². The first-order chi connectivity index (χ1) is 13.2. The van der Waals surface area contributed by atoms with E-state index in [0.717, 1.165) is 31.3 Å². The highest BCUT2D eigenvalue weighted by molar-refractivity contribution is 5.68. The number of carbonyl (C=O) groups excluding carboxylic acids is 2. The summed E-state index contributed by atoms with van der Waals surface area (Å²) in [5.74, 6) is -0.813. The van der Waals surface area contributed by atoms with Gasteiger partial charge in [0.25, 0.3) is 0 Å². The lowest BCUT2D eigenvalue weighted by Crippen LogP contribution is -2.55. The van der Waals surface area contributed by atoms with Crippen molar-refractivity contribution in [3.8, 4) is 0 Å². The highest BCUT2D eigenvalue weighted by atomic mass is 16.6. The molecule has 0 unspecified atom stereocenters. The van der Waals surface area contributed by atoms with E-state index in [1.807, 2.05) is 0 Å². The molecule has 5 atom stereocenters. The van der Waals surface area contributed by atoms with Crippen molar-refractivity contribution in [1.82, 2.24) is 0 Å². The summed E-state index contributed by atoms with van der Waals surface area (Å²) in [5, 5.41) is 10.5. The number of esters is 2. The molecule has 164 valence electrons. The molecule has 2 aliphatic carbocycles. The number of aliphatic hydroxyl groups is 1. The summed E-state index contributed by atoms with van der Waals surface area (Å²) < 4.78 is 11.6. The Kier molecular flexibility index (Phi) is 6.73. The summed E-state index contributed by atoms with van der Waals surface area (Å²) in [7, 11) is 0. The first-order valence-electron chi connectivity index (χ1n) is 10.7. The standard InChI is InChI=1S/C24H38O5/c1-9-23(7,27)13-14-24(8)15(2)20(28-16(3)25)21(29-17(4)26)19-18(24)11-10-12-22(19,5)6/h9,15,20-21,27H,1,10-14H2,2-8H3/t15-,20-,21-,23-,24-/m0/s1. The summed E-state index contributed by atoms with van der Waals surface area (Å²) in [6.45, 7) is 16.9. The van der Waals surface area contributed by atoms with E-state index in [9.17, 15) is 14.7 Å². The SMILES string of the molecule is C=C[C@](C)(O)CC[C@]1(C)C2=C([C@H](OC(C)=O)[C@@H](OC(C)=O)[C@@H]1C)C(C)(C)CCC2. The van der Waals surface area contributed by atoms with Gasteiger partial charge in [0.1, 0.15) is 6.10 Å². The monoisotopic (exact) mass is 406 g/mol. The molecular weight excluding hydrogens is 368 g/mol. The van der Waals surface area contributed by atoms with Crippen LogP contribution in [0.5, 0.6) is 0 Å². The van der Waals surface area contributed by atoms with Crippen molar-refractivity contribution in [3.05, 3.63) is 23.8 Å². The van der Waals surface area contributed by atoms with Crippen LogP contribution in [-0.4, -0.2) is 34.9 Å². The van der Waals surface area contributed by atoms with Gasteiger partial charge in [-0.1, -0.05) is 39.3 Å². The quantitative estimate of drug-likeness (QED) is 0.510. The van der Waals surface area contributed by atoms with E-state index in [1.165, 1.54) is 19.4 Å². The summed E-state index contributed by atoms with van der Waals surface area (Å²) >= 11 is 0. The van der Waals surface area contributed by atoms with Crippen molar-refractivity contribution in [1.29, 1.82) is 0 Å². The molecular formula is C24H38O5. The molecule has 0 fully saturated rings. The second-order valence-electron chi connectivity index (χ2n) is 10.0. The molecule has 2 rings (SSSR count). The molecule has 5 heteroatoms. The molecule has 0 bridgehead atoms. The van der Waals surface area contributed by atoms with E-state index in [2.05, 4.69) is 34.3 Å². The van der Waals surface area contributed by atoms with E-state index in [4.69, 9.17) is 9.47 Å². The van der Waals surface area contributed by atoms with Crippen LogP contribution in [0.1, 0.15) is 80.6 Å². The predicted molar refractivity (Wildman–Crippen MR) is 113 cm³/mol. The zero-order chi connectivity index (χ0) is 22.2. The lowest BCUT2D eigenvalue weighted by atomic mass is 9.53. The number of rotatable bonds is 6. The highest BCUT2D eigenvalue weighted by Crippen LogP contribution is 2.58. The van der Waals surface area contributed by atoms with Crippen LogP contribution in [0.2, 0.25) is 0 Å². The highest BCUT2D eigenvalue weighted by Gasteiger charge is 2.55. The van der Waals surface area contributed by atoms with Crippen LogP contribution in [0.4, 0.5) is 0 Å². The fourth-order valence-corrected chi connectivity index (χ4v) is 5.25. The maximum atomic E-state index is 12.0. The third kappa shape index (κ3) is 4.76. The Labute approximate surface area is 175 Å². The molecule has 29 heavy (non-hydrogen) atoms. The van der Waals surface area contributed by atoms with Crippen LogP contribution in [0.3, 0.4) is 0 Å². The summed E-state index contributed by atoms with van der Waals surface area (Å²) in [5.41, 5.74) is 1.00. The number of hydrogen-bond donors (Lipinski definition) is 1. The minimum atomic E-state index is -0.961. The van der Waals surface area contributed by atoms with E-state index >= 15 is 0 Å². The average molecular weight is 407 g/mol. The normalized spacial score (nSPS) is 33.3. The molecule has 1 N–H and O–H groups in total. The topological polar surface area (TPSA) is 72.8 Å². The molecule has 0 aromatic rings. The number of carbonyl (C=O) groups is 2. The summed E-state index contributed by atoms with van der Waals surface area (Å²) in [4.78, 5) is 23.9. The van der Waals surface area contributed by atoms with Gasteiger partial charge >= 0.3 is 11.9 Å². The molecule has 0 amide bonds. The van der Waals surface area contributed by atoms with E-state index in [0.29, 0.717) is 6.42 Å². The molecule has 5 nitrogen and oxygen atoms in total. The van der Waals surface area contributed by atoms with Crippen molar-refractivity contribution in [2.45, 2.75) is 98.4 Å². The molecule has 0 aromatic carbocycles. The smallest absolute Gasteiger partial charge is 0.303 e. The Morgan fingerprint density at radius 3 is 2.34 bits per heavy atom.